The maximum Gasteiger partial charge on any atom is 0.337 e. The highest BCUT2D eigenvalue weighted by atomic mass is 16.4. The average molecular weight is 263 g/mol. The van der Waals surface area contributed by atoms with Gasteiger partial charge in [-0.2, -0.15) is 0 Å². The molecule has 1 atom stereocenters. The summed E-state index contributed by atoms with van der Waals surface area (Å²) in [6.07, 6.45) is 2.54. The number of nitrogens with zero attached hydrogens (tertiary/aromatic N) is 2. The van der Waals surface area contributed by atoms with E-state index < -0.39 is 5.97 Å². The van der Waals surface area contributed by atoms with Gasteiger partial charge in [0.1, 0.15) is 5.82 Å². The summed E-state index contributed by atoms with van der Waals surface area (Å²) in [7, 11) is 0. The minimum atomic E-state index is -1.01. The Balaban J connectivity index is 2.20. The fourth-order valence-electron chi connectivity index (χ4n) is 2.49. The lowest BCUT2D eigenvalue weighted by Crippen LogP contribution is -2.26. The summed E-state index contributed by atoms with van der Waals surface area (Å²) < 4.78 is 0. The highest BCUT2D eigenvalue weighted by Gasteiger charge is 2.32. The monoisotopic (exact) mass is 263 g/mol. The van der Waals surface area contributed by atoms with Crippen LogP contribution in [0.2, 0.25) is 0 Å². The van der Waals surface area contributed by atoms with Gasteiger partial charge in [-0.05, 0) is 23.8 Å². The molecule has 1 aliphatic heterocycles. The zero-order valence-corrected chi connectivity index (χ0v) is 11.7. The molecule has 0 bridgehead atoms. The molecule has 2 heterocycles. The first-order valence-corrected chi connectivity index (χ1v) is 6.53. The first kappa shape index (κ1) is 13.6. The lowest BCUT2D eigenvalue weighted by Gasteiger charge is -2.27. The van der Waals surface area contributed by atoms with E-state index in [4.69, 9.17) is 10.8 Å². The van der Waals surface area contributed by atoms with Gasteiger partial charge in [-0.25, -0.2) is 9.78 Å². The van der Waals surface area contributed by atoms with Crippen molar-refractivity contribution in [1.82, 2.24) is 4.98 Å². The number of rotatable bonds is 2. The van der Waals surface area contributed by atoms with Crippen molar-refractivity contribution in [2.24, 2.45) is 11.3 Å². The summed E-state index contributed by atoms with van der Waals surface area (Å²) in [6, 6.07) is 1.57. The molecule has 0 spiro atoms. The van der Waals surface area contributed by atoms with E-state index in [0.717, 1.165) is 19.5 Å². The molecule has 1 fully saturated rings. The minimum Gasteiger partial charge on any atom is -0.478 e. The first-order valence-electron chi connectivity index (χ1n) is 6.53. The number of aromatic nitrogens is 1. The van der Waals surface area contributed by atoms with Crippen molar-refractivity contribution in [1.29, 1.82) is 0 Å². The number of carbonyl (C=O) groups is 1. The van der Waals surface area contributed by atoms with Crippen LogP contribution >= 0.6 is 0 Å². The second kappa shape index (κ2) is 4.72. The van der Waals surface area contributed by atoms with Gasteiger partial charge in [0, 0.05) is 13.1 Å². The number of carboxylic acids is 1. The number of pyridine rings is 1. The molecular formula is C14H21N3O2. The van der Waals surface area contributed by atoms with E-state index in [1.54, 1.807) is 6.07 Å². The lowest BCUT2D eigenvalue weighted by atomic mass is 9.80. The van der Waals surface area contributed by atoms with Crippen LogP contribution in [0.15, 0.2) is 12.3 Å². The van der Waals surface area contributed by atoms with E-state index in [0.29, 0.717) is 11.7 Å². The van der Waals surface area contributed by atoms with Gasteiger partial charge in [-0.3, -0.25) is 0 Å². The quantitative estimate of drug-likeness (QED) is 0.855. The van der Waals surface area contributed by atoms with Crippen LogP contribution in [0.4, 0.5) is 11.5 Å². The lowest BCUT2D eigenvalue weighted by molar-refractivity contribution is 0.0698. The summed E-state index contributed by atoms with van der Waals surface area (Å²) in [5.74, 6) is 0.297. The van der Waals surface area contributed by atoms with Crippen molar-refractivity contribution in [2.75, 3.05) is 23.7 Å². The third kappa shape index (κ3) is 2.80. The molecule has 0 radical (unpaired) electrons. The van der Waals surface area contributed by atoms with Crippen LogP contribution in [-0.4, -0.2) is 29.1 Å². The van der Waals surface area contributed by atoms with Gasteiger partial charge in [0.15, 0.2) is 0 Å². The van der Waals surface area contributed by atoms with Gasteiger partial charge in [-0.15, -0.1) is 0 Å². The standard InChI is InChI=1S/C14H21N3O2/c1-14(2,3)9-4-5-17(8-9)12-6-10(13(18)19)11(15)7-16-12/h6-7,9H,4-5,8,15H2,1-3H3,(H,18,19). The second-order valence-corrected chi connectivity index (χ2v) is 6.23. The summed E-state index contributed by atoms with van der Waals surface area (Å²) in [4.78, 5) is 17.5. The fourth-order valence-corrected chi connectivity index (χ4v) is 2.49. The number of nitrogen functional groups attached to an aromatic ring is 1. The normalized spacial score (nSPS) is 19.7. The summed E-state index contributed by atoms with van der Waals surface area (Å²) in [5, 5.41) is 9.09. The van der Waals surface area contributed by atoms with Crippen molar-refractivity contribution in [3.05, 3.63) is 17.8 Å². The van der Waals surface area contributed by atoms with Crippen LogP contribution in [0.5, 0.6) is 0 Å². The largest absolute Gasteiger partial charge is 0.478 e. The molecule has 0 aromatic carbocycles. The van der Waals surface area contributed by atoms with E-state index in [2.05, 4.69) is 30.7 Å². The molecule has 1 aromatic heterocycles. The van der Waals surface area contributed by atoms with Gasteiger partial charge in [0.25, 0.3) is 0 Å². The number of carboxylic acid groups (broad SMARTS) is 1. The van der Waals surface area contributed by atoms with Gasteiger partial charge in [-0.1, -0.05) is 20.8 Å². The van der Waals surface area contributed by atoms with Gasteiger partial charge >= 0.3 is 5.97 Å². The molecule has 1 aromatic rings. The van der Waals surface area contributed by atoms with E-state index in [9.17, 15) is 4.79 Å². The molecule has 19 heavy (non-hydrogen) atoms. The molecule has 0 aliphatic carbocycles. The van der Waals surface area contributed by atoms with Gasteiger partial charge < -0.3 is 15.7 Å². The predicted octanol–water partition coefficient (Wildman–Crippen LogP) is 2.23. The molecule has 0 saturated carbocycles. The van der Waals surface area contributed by atoms with Gasteiger partial charge in [0.2, 0.25) is 0 Å². The molecule has 1 saturated heterocycles. The minimum absolute atomic E-state index is 0.129. The topological polar surface area (TPSA) is 79.5 Å². The Hall–Kier alpha value is -1.78. The van der Waals surface area contributed by atoms with Crippen LogP contribution in [0.1, 0.15) is 37.6 Å². The average Bonchev–Trinajstić information content (AvgIpc) is 2.78. The zero-order chi connectivity index (χ0) is 14.2. The van der Waals surface area contributed by atoms with Crippen molar-refractivity contribution in [3.63, 3.8) is 0 Å². The molecule has 1 aliphatic rings. The number of hydrogen-bond acceptors (Lipinski definition) is 4. The molecule has 2 rings (SSSR count). The summed E-state index contributed by atoms with van der Waals surface area (Å²) in [6.45, 7) is 8.54. The van der Waals surface area contributed by atoms with Crippen molar-refractivity contribution >= 4 is 17.5 Å². The molecule has 3 N–H and O–H groups in total. The maximum atomic E-state index is 11.1. The number of anilines is 2. The van der Waals surface area contributed by atoms with E-state index in [-0.39, 0.29) is 16.7 Å². The Morgan fingerprint density at radius 2 is 2.21 bits per heavy atom. The molecule has 0 amide bonds. The second-order valence-electron chi connectivity index (χ2n) is 6.23. The highest BCUT2D eigenvalue weighted by Crippen LogP contribution is 2.35. The Labute approximate surface area is 113 Å². The fraction of sp³-hybridized carbons (Fsp3) is 0.571. The van der Waals surface area contributed by atoms with Crippen LogP contribution in [0, 0.1) is 11.3 Å². The smallest absolute Gasteiger partial charge is 0.337 e. The Kier molecular flexibility index (Phi) is 3.39. The van der Waals surface area contributed by atoms with Crippen molar-refractivity contribution < 1.29 is 9.90 Å². The van der Waals surface area contributed by atoms with E-state index in [1.165, 1.54) is 6.20 Å². The molecule has 5 nitrogen and oxygen atoms in total. The highest BCUT2D eigenvalue weighted by molar-refractivity contribution is 5.94. The number of nitrogens with two attached hydrogens (primary N) is 1. The predicted molar refractivity (Wildman–Crippen MR) is 75.4 cm³/mol. The van der Waals surface area contributed by atoms with Crippen molar-refractivity contribution in [3.8, 4) is 0 Å². The van der Waals surface area contributed by atoms with Crippen LogP contribution in [-0.2, 0) is 0 Å². The SMILES string of the molecule is CC(C)(C)C1CCN(c2cc(C(=O)O)c(N)cn2)C1. The Morgan fingerprint density at radius 1 is 1.53 bits per heavy atom. The third-order valence-corrected chi connectivity index (χ3v) is 3.89. The Bertz CT molecular complexity index is 494. The summed E-state index contributed by atoms with van der Waals surface area (Å²) in [5.41, 5.74) is 6.23. The molecule has 1 unspecified atom stereocenters. The zero-order valence-electron chi connectivity index (χ0n) is 11.7. The van der Waals surface area contributed by atoms with Crippen LogP contribution in [0.3, 0.4) is 0 Å². The van der Waals surface area contributed by atoms with Gasteiger partial charge in [0.05, 0.1) is 17.4 Å². The number of hydrogen-bond donors (Lipinski definition) is 2. The molecule has 104 valence electrons. The first-order chi connectivity index (χ1) is 8.79. The van der Waals surface area contributed by atoms with Crippen LogP contribution in [0.25, 0.3) is 0 Å². The van der Waals surface area contributed by atoms with Crippen molar-refractivity contribution in [2.45, 2.75) is 27.2 Å². The summed E-state index contributed by atoms with van der Waals surface area (Å²) >= 11 is 0. The maximum absolute atomic E-state index is 11.1. The Morgan fingerprint density at radius 3 is 2.74 bits per heavy atom. The van der Waals surface area contributed by atoms with Crippen LogP contribution < -0.4 is 10.6 Å². The molecular weight excluding hydrogens is 242 g/mol. The third-order valence-electron chi connectivity index (χ3n) is 3.89. The number of aromatic carboxylic acids is 1. The molecule has 5 heteroatoms. The van der Waals surface area contributed by atoms with E-state index in [1.807, 2.05) is 0 Å². The van der Waals surface area contributed by atoms with E-state index >= 15 is 0 Å².